The maximum Gasteiger partial charge on any atom is 0.230 e. The van der Waals surface area contributed by atoms with E-state index in [9.17, 15) is 4.79 Å². The summed E-state index contributed by atoms with van der Waals surface area (Å²) in [6.45, 7) is 2.22. The topological polar surface area (TPSA) is 83.6 Å². The van der Waals surface area contributed by atoms with Crippen molar-refractivity contribution < 1.29 is 4.79 Å². The van der Waals surface area contributed by atoms with E-state index in [0.29, 0.717) is 28.7 Å². The summed E-state index contributed by atoms with van der Waals surface area (Å²) in [6, 6.07) is 4.05. The summed E-state index contributed by atoms with van der Waals surface area (Å²) >= 11 is 1.35. The van der Waals surface area contributed by atoms with E-state index in [1.54, 1.807) is 12.4 Å². The lowest BCUT2D eigenvalue weighted by Gasteiger charge is -2.29. The molecule has 0 unspecified atom stereocenters. The Kier molecular flexibility index (Phi) is 5.27. The van der Waals surface area contributed by atoms with Gasteiger partial charge >= 0.3 is 0 Å². The number of H-pyrrole nitrogens is 1. The van der Waals surface area contributed by atoms with Gasteiger partial charge in [-0.15, -0.1) is 5.10 Å². The second-order valence-corrected chi connectivity index (χ2v) is 6.87. The standard InChI is InChI=1S/C16H21N5OS/c1-11-4-2-3-5-13(11)18-14(22)10-23-16-19-15(20-21-16)12-6-8-17-9-7-12/h6-9,11,13H,2-5,10H2,1H3,(H,18,22)(H,19,20,21)/t11-,13-/m1/s1. The van der Waals surface area contributed by atoms with E-state index in [0.717, 1.165) is 12.0 Å². The zero-order valence-electron chi connectivity index (χ0n) is 13.2. The van der Waals surface area contributed by atoms with Gasteiger partial charge in [0.25, 0.3) is 0 Å². The van der Waals surface area contributed by atoms with Gasteiger partial charge in [0.15, 0.2) is 5.82 Å². The number of carbonyl (C=O) groups excluding carboxylic acids is 1. The van der Waals surface area contributed by atoms with Crippen molar-refractivity contribution in [2.45, 2.75) is 43.8 Å². The van der Waals surface area contributed by atoms with Crippen LogP contribution in [0.4, 0.5) is 0 Å². The summed E-state index contributed by atoms with van der Waals surface area (Å²) in [6.07, 6.45) is 8.20. The first-order valence-electron chi connectivity index (χ1n) is 7.97. The highest BCUT2D eigenvalue weighted by molar-refractivity contribution is 7.99. The molecule has 0 spiro atoms. The largest absolute Gasteiger partial charge is 0.352 e. The zero-order chi connectivity index (χ0) is 16.1. The number of aromatic amines is 1. The monoisotopic (exact) mass is 331 g/mol. The van der Waals surface area contributed by atoms with Crippen molar-refractivity contribution in [3.05, 3.63) is 24.5 Å². The molecule has 1 fully saturated rings. The van der Waals surface area contributed by atoms with Crippen molar-refractivity contribution in [1.29, 1.82) is 0 Å². The number of nitrogens with one attached hydrogen (secondary N) is 2. The van der Waals surface area contributed by atoms with E-state index in [1.165, 1.54) is 31.0 Å². The minimum Gasteiger partial charge on any atom is -0.352 e. The average molecular weight is 331 g/mol. The van der Waals surface area contributed by atoms with Crippen molar-refractivity contribution in [3.8, 4) is 11.4 Å². The van der Waals surface area contributed by atoms with Crippen molar-refractivity contribution in [2.24, 2.45) is 5.92 Å². The minimum atomic E-state index is 0.0593. The molecular weight excluding hydrogens is 310 g/mol. The van der Waals surface area contributed by atoms with Crippen LogP contribution in [0.15, 0.2) is 29.7 Å². The van der Waals surface area contributed by atoms with E-state index in [1.807, 2.05) is 12.1 Å². The molecule has 0 radical (unpaired) electrons. The Bertz CT molecular complexity index is 645. The van der Waals surface area contributed by atoms with Crippen LogP contribution in [-0.4, -0.2) is 37.9 Å². The van der Waals surface area contributed by atoms with Gasteiger partial charge in [-0.05, 0) is 30.9 Å². The van der Waals surface area contributed by atoms with Crippen LogP contribution in [0.1, 0.15) is 32.6 Å². The van der Waals surface area contributed by atoms with Gasteiger partial charge in [0, 0.05) is 24.0 Å². The van der Waals surface area contributed by atoms with E-state index in [4.69, 9.17) is 0 Å². The molecule has 2 aromatic heterocycles. The van der Waals surface area contributed by atoms with E-state index in [2.05, 4.69) is 32.4 Å². The Morgan fingerprint density at radius 3 is 2.91 bits per heavy atom. The number of nitrogens with zero attached hydrogens (tertiary/aromatic N) is 3. The molecular formula is C16H21N5OS. The van der Waals surface area contributed by atoms with Crippen molar-refractivity contribution in [2.75, 3.05) is 5.75 Å². The quantitative estimate of drug-likeness (QED) is 0.823. The van der Waals surface area contributed by atoms with Crippen LogP contribution in [0.3, 0.4) is 0 Å². The van der Waals surface area contributed by atoms with Crippen LogP contribution in [-0.2, 0) is 4.79 Å². The molecule has 3 rings (SSSR count). The Labute approximate surface area is 139 Å². The van der Waals surface area contributed by atoms with Gasteiger partial charge in [-0.2, -0.15) is 0 Å². The molecule has 2 heterocycles. The molecule has 1 saturated carbocycles. The summed E-state index contributed by atoms with van der Waals surface area (Å²) in [5, 5.41) is 10.8. The van der Waals surface area contributed by atoms with Gasteiger partial charge in [-0.3, -0.25) is 14.9 Å². The van der Waals surface area contributed by atoms with Crippen LogP contribution in [0.25, 0.3) is 11.4 Å². The minimum absolute atomic E-state index is 0.0593. The SMILES string of the molecule is C[C@@H]1CCCC[C@H]1NC(=O)CSc1n[nH]c(-c2ccncc2)n1. The molecule has 1 aliphatic carbocycles. The normalized spacial score (nSPS) is 21.1. The Hall–Kier alpha value is -1.89. The van der Waals surface area contributed by atoms with Gasteiger partial charge < -0.3 is 5.32 Å². The van der Waals surface area contributed by atoms with Gasteiger partial charge in [0.2, 0.25) is 11.1 Å². The molecule has 23 heavy (non-hydrogen) atoms. The van der Waals surface area contributed by atoms with Gasteiger partial charge in [0.05, 0.1) is 5.75 Å². The second kappa shape index (κ2) is 7.59. The third-order valence-corrected chi connectivity index (χ3v) is 5.06. The van der Waals surface area contributed by atoms with Crippen LogP contribution in [0.2, 0.25) is 0 Å². The van der Waals surface area contributed by atoms with Crippen molar-refractivity contribution >= 4 is 17.7 Å². The van der Waals surface area contributed by atoms with Crippen LogP contribution in [0, 0.1) is 5.92 Å². The lowest BCUT2D eigenvalue weighted by atomic mass is 9.86. The van der Waals surface area contributed by atoms with Gasteiger partial charge in [-0.25, -0.2) is 4.98 Å². The molecule has 122 valence electrons. The highest BCUT2D eigenvalue weighted by Gasteiger charge is 2.22. The number of amides is 1. The fourth-order valence-corrected chi connectivity index (χ4v) is 3.47. The number of pyridine rings is 1. The van der Waals surface area contributed by atoms with E-state index < -0.39 is 0 Å². The maximum atomic E-state index is 12.1. The smallest absolute Gasteiger partial charge is 0.230 e. The first-order chi connectivity index (χ1) is 11.2. The number of aromatic nitrogens is 4. The number of hydrogen-bond acceptors (Lipinski definition) is 5. The van der Waals surface area contributed by atoms with Crippen molar-refractivity contribution in [1.82, 2.24) is 25.5 Å². The Morgan fingerprint density at radius 1 is 1.35 bits per heavy atom. The summed E-state index contributed by atoms with van der Waals surface area (Å²) in [5.74, 6) is 1.66. The molecule has 0 aromatic carbocycles. The lowest BCUT2D eigenvalue weighted by molar-refractivity contribution is -0.119. The lowest BCUT2D eigenvalue weighted by Crippen LogP contribution is -2.41. The highest BCUT2D eigenvalue weighted by atomic mass is 32.2. The number of thioether (sulfide) groups is 1. The maximum absolute atomic E-state index is 12.1. The molecule has 1 amide bonds. The summed E-state index contributed by atoms with van der Waals surface area (Å²) in [5.41, 5.74) is 0.930. The molecule has 6 nitrogen and oxygen atoms in total. The number of rotatable bonds is 5. The first kappa shape index (κ1) is 16.0. The van der Waals surface area contributed by atoms with Gasteiger partial charge in [-0.1, -0.05) is 31.5 Å². The molecule has 2 atom stereocenters. The molecule has 0 aliphatic heterocycles. The third-order valence-electron chi connectivity index (χ3n) is 4.21. The summed E-state index contributed by atoms with van der Waals surface area (Å²) < 4.78 is 0. The fraction of sp³-hybridized carbons (Fsp3) is 0.500. The van der Waals surface area contributed by atoms with Crippen LogP contribution in [0.5, 0.6) is 0 Å². The zero-order valence-corrected chi connectivity index (χ0v) is 14.0. The molecule has 7 heteroatoms. The Morgan fingerprint density at radius 2 is 2.13 bits per heavy atom. The average Bonchev–Trinajstić information content (AvgIpc) is 3.05. The number of carbonyl (C=O) groups is 1. The highest BCUT2D eigenvalue weighted by Crippen LogP contribution is 2.24. The predicted molar refractivity (Wildman–Crippen MR) is 89.9 cm³/mol. The molecule has 2 N–H and O–H groups in total. The fourth-order valence-electron chi connectivity index (χ4n) is 2.86. The Balaban J connectivity index is 1.50. The molecule has 0 saturated heterocycles. The second-order valence-electron chi connectivity index (χ2n) is 5.93. The van der Waals surface area contributed by atoms with Gasteiger partial charge in [0.1, 0.15) is 0 Å². The molecule has 0 bridgehead atoms. The number of hydrogen-bond donors (Lipinski definition) is 2. The van der Waals surface area contributed by atoms with E-state index in [-0.39, 0.29) is 5.91 Å². The third kappa shape index (κ3) is 4.31. The van der Waals surface area contributed by atoms with Crippen LogP contribution < -0.4 is 5.32 Å². The predicted octanol–water partition coefficient (Wildman–Crippen LogP) is 2.65. The van der Waals surface area contributed by atoms with E-state index >= 15 is 0 Å². The van der Waals surface area contributed by atoms with Crippen LogP contribution >= 0.6 is 11.8 Å². The first-order valence-corrected chi connectivity index (χ1v) is 8.96. The summed E-state index contributed by atoms with van der Waals surface area (Å²) in [4.78, 5) is 20.5. The van der Waals surface area contributed by atoms with Crippen molar-refractivity contribution in [3.63, 3.8) is 0 Å². The molecule has 1 aliphatic rings. The summed E-state index contributed by atoms with van der Waals surface area (Å²) in [7, 11) is 0. The molecule has 2 aromatic rings.